The van der Waals surface area contributed by atoms with Crippen molar-refractivity contribution in [2.24, 2.45) is 0 Å². The Bertz CT molecular complexity index is 702. The van der Waals surface area contributed by atoms with Crippen LogP contribution >= 0.6 is 11.6 Å². The smallest absolute Gasteiger partial charge is 0.167 e. The summed E-state index contributed by atoms with van der Waals surface area (Å²) in [6.07, 6.45) is 0.477. The molecule has 1 N–H and O–H groups in total. The molecule has 2 nitrogen and oxygen atoms in total. The minimum Gasteiger partial charge on any atom is -0.508 e. The molecule has 0 radical (unpaired) electrons. The fourth-order valence-corrected chi connectivity index (χ4v) is 2.07. The molecule has 0 aromatic heterocycles. The van der Waals surface area contributed by atoms with Crippen LogP contribution in [-0.4, -0.2) is 10.9 Å². The molecule has 0 heterocycles. The van der Waals surface area contributed by atoms with Crippen LogP contribution in [0.4, 0.5) is 0 Å². The normalized spacial score (nSPS) is 9.61. The van der Waals surface area contributed by atoms with Gasteiger partial charge in [-0.1, -0.05) is 72.3 Å². The highest BCUT2D eigenvalue weighted by molar-refractivity contribution is 6.30. The molecule has 0 amide bonds. The van der Waals surface area contributed by atoms with Gasteiger partial charge in [-0.25, -0.2) is 0 Å². The lowest BCUT2D eigenvalue weighted by molar-refractivity contribution is 0.0993. The average Bonchev–Trinajstić information content (AvgIpc) is 2.60. The van der Waals surface area contributed by atoms with Gasteiger partial charge in [0.2, 0.25) is 0 Å². The first-order valence-corrected chi connectivity index (χ1v) is 7.59. The van der Waals surface area contributed by atoms with E-state index in [0.29, 0.717) is 11.4 Å². The lowest BCUT2D eigenvalue weighted by Crippen LogP contribution is -2.02. The van der Waals surface area contributed by atoms with Gasteiger partial charge in [0.05, 0.1) is 0 Å². The largest absolute Gasteiger partial charge is 0.508 e. The maximum absolute atomic E-state index is 11.8. The number of hydrogen-bond acceptors (Lipinski definition) is 2. The molecule has 3 aromatic rings. The number of benzene rings is 3. The number of carbonyl (C=O) groups is 1. The zero-order valence-electron chi connectivity index (χ0n) is 12.5. The Morgan fingerprint density at radius 1 is 0.783 bits per heavy atom. The summed E-state index contributed by atoms with van der Waals surface area (Å²) in [4.78, 5) is 11.8. The van der Waals surface area contributed by atoms with Gasteiger partial charge in [-0.3, -0.25) is 4.79 Å². The Morgan fingerprint density at radius 3 is 1.83 bits per heavy atom. The second-order valence-corrected chi connectivity index (χ2v) is 5.36. The lowest BCUT2D eigenvalue weighted by atomic mass is 10.0. The zero-order valence-corrected chi connectivity index (χ0v) is 13.3. The predicted molar refractivity (Wildman–Crippen MR) is 94.0 cm³/mol. The van der Waals surface area contributed by atoms with Crippen molar-refractivity contribution in [2.75, 3.05) is 0 Å². The van der Waals surface area contributed by atoms with E-state index >= 15 is 0 Å². The second-order valence-electron chi connectivity index (χ2n) is 4.93. The van der Waals surface area contributed by atoms with Gasteiger partial charge in [0.15, 0.2) is 5.78 Å². The van der Waals surface area contributed by atoms with E-state index in [-0.39, 0.29) is 11.5 Å². The Balaban J connectivity index is 0.000000203. The first-order chi connectivity index (χ1) is 11.1. The molecule has 0 bridgehead atoms. The summed E-state index contributed by atoms with van der Waals surface area (Å²) in [5, 5.41) is 9.34. The van der Waals surface area contributed by atoms with Crippen molar-refractivity contribution in [3.63, 3.8) is 0 Å². The number of halogens is 1. The van der Waals surface area contributed by atoms with E-state index in [9.17, 15) is 4.79 Å². The van der Waals surface area contributed by atoms with Crippen LogP contribution in [0.15, 0.2) is 84.9 Å². The molecular formula is C20H17ClO2. The van der Waals surface area contributed by atoms with Gasteiger partial charge in [-0.05, 0) is 29.8 Å². The molecule has 23 heavy (non-hydrogen) atoms. The maximum atomic E-state index is 11.8. The van der Waals surface area contributed by atoms with Gasteiger partial charge in [0.25, 0.3) is 0 Å². The molecule has 0 unspecified atom stereocenters. The van der Waals surface area contributed by atoms with E-state index < -0.39 is 0 Å². The summed E-state index contributed by atoms with van der Waals surface area (Å²) in [7, 11) is 0. The van der Waals surface area contributed by atoms with Crippen LogP contribution in [0, 0.1) is 0 Å². The number of ketones is 1. The zero-order chi connectivity index (χ0) is 16.5. The highest BCUT2D eigenvalue weighted by Gasteiger charge is 2.05. The van der Waals surface area contributed by atoms with E-state index in [2.05, 4.69) is 0 Å². The number of carbonyl (C=O) groups excluding carboxylic acids is 1. The van der Waals surface area contributed by atoms with Crippen LogP contribution in [0.1, 0.15) is 15.9 Å². The maximum Gasteiger partial charge on any atom is 0.167 e. The first-order valence-electron chi connectivity index (χ1n) is 7.22. The third-order valence-corrected chi connectivity index (χ3v) is 3.38. The molecule has 116 valence electrons. The molecule has 0 saturated heterocycles. The van der Waals surface area contributed by atoms with E-state index in [0.717, 1.165) is 11.1 Å². The Hall–Kier alpha value is -2.58. The molecule has 0 aliphatic carbocycles. The number of hydrogen-bond donors (Lipinski definition) is 1. The van der Waals surface area contributed by atoms with Crippen LogP contribution in [-0.2, 0) is 6.42 Å². The van der Waals surface area contributed by atoms with E-state index in [1.54, 1.807) is 24.3 Å². The third kappa shape index (κ3) is 5.97. The van der Waals surface area contributed by atoms with Crippen LogP contribution in [0.5, 0.6) is 5.75 Å². The molecular weight excluding hydrogens is 308 g/mol. The summed E-state index contributed by atoms with van der Waals surface area (Å²) >= 11 is 5.50. The monoisotopic (exact) mass is 324 g/mol. The van der Waals surface area contributed by atoms with Gasteiger partial charge < -0.3 is 5.11 Å². The first kappa shape index (κ1) is 16.8. The van der Waals surface area contributed by atoms with Gasteiger partial charge in [0.1, 0.15) is 5.75 Å². The SMILES string of the molecule is O=C(Cc1ccccc1)c1ccccc1.Oc1ccc(Cl)cc1. The number of phenolic OH excluding ortho intramolecular Hbond substituents is 1. The summed E-state index contributed by atoms with van der Waals surface area (Å²) in [5.74, 6) is 0.413. The highest BCUT2D eigenvalue weighted by atomic mass is 35.5. The van der Waals surface area contributed by atoms with E-state index in [1.807, 2.05) is 60.7 Å². The molecule has 0 spiro atoms. The van der Waals surface area contributed by atoms with Crippen molar-refractivity contribution in [2.45, 2.75) is 6.42 Å². The standard InChI is InChI=1S/C14H12O.C6H5ClO/c15-14(13-9-5-2-6-10-13)11-12-7-3-1-4-8-12;7-5-1-3-6(8)4-2-5/h1-10H,11H2;1-4,8H. The van der Waals surface area contributed by atoms with Crippen LogP contribution in [0.25, 0.3) is 0 Å². The van der Waals surface area contributed by atoms with Gasteiger partial charge in [0, 0.05) is 17.0 Å². The average molecular weight is 325 g/mol. The van der Waals surface area contributed by atoms with Crippen LogP contribution in [0.3, 0.4) is 0 Å². The molecule has 3 rings (SSSR count). The summed E-state index contributed by atoms with van der Waals surface area (Å²) in [6, 6.07) is 25.6. The number of phenols is 1. The quantitative estimate of drug-likeness (QED) is 0.676. The molecule has 0 saturated carbocycles. The van der Waals surface area contributed by atoms with Crippen molar-refractivity contribution >= 4 is 17.4 Å². The van der Waals surface area contributed by atoms with E-state index in [4.69, 9.17) is 16.7 Å². The fourth-order valence-electron chi connectivity index (χ4n) is 1.95. The Morgan fingerprint density at radius 2 is 1.30 bits per heavy atom. The van der Waals surface area contributed by atoms with Gasteiger partial charge >= 0.3 is 0 Å². The van der Waals surface area contributed by atoms with Crippen molar-refractivity contribution < 1.29 is 9.90 Å². The lowest BCUT2D eigenvalue weighted by Gasteiger charge is -2.00. The van der Waals surface area contributed by atoms with Crippen molar-refractivity contribution in [3.05, 3.63) is 101 Å². The van der Waals surface area contributed by atoms with Crippen LogP contribution < -0.4 is 0 Å². The number of rotatable bonds is 3. The van der Waals surface area contributed by atoms with E-state index in [1.165, 1.54) is 0 Å². The molecule has 3 heteroatoms. The minimum absolute atomic E-state index is 0.168. The molecule has 0 atom stereocenters. The Labute approximate surface area is 141 Å². The Kier molecular flexibility index (Phi) is 6.40. The summed E-state index contributed by atoms with van der Waals surface area (Å²) in [6.45, 7) is 0. The summed E-state index contributed by atoms with van der Waals surface area (Å²) in [5.41, 5.74) is 1.84. The van der Waals surface area contributed by atoms with Gasteiger partial charge in [-0.2, -0.15) is 0 Å². The van der Waals surface area contributed by atoms with Crippen molar-refractivity contribution in [1.29, 1.82) is 0 Å². The number of Topliss-reactive ketones (excluding diaryl/α,β-unsaturated/α-hetero) is 1. The molecule has 3 aromatic carbocycles. The molecule has 0 aliphatic rings. The third-order valence-electron chi connectivity index (χ3n) is 3.13. The van der Waals surface area contributed by atoms with Crippen LogP contribution in [0.2, 0.25) is 5.02 Å². The highest BCUT2D eigenvalue weighted by Crippen LogP contribution is 2.12. The fraction of sp³-hybridized carbons (Fsp3) is 0.0500. The van der Waals surface area contributed by atoms with Gasteiger partial charge in [-0.15, -0.1) is 0 Å². The summed E-state index contributed by atoms with van der Waals surface area (Å²) < 4.78 is 0. The number of aromatic hydroxyl groups is 1. The topological polar surface area (TPSA) is 37.3 Å². The second kappa shape index (κ2) is 8.76. The molecule has 0 fully saturated rings. The minimum atomic E-state index is 0.168. The molecule has 0 aliphatic heterocycles. The predicted octanol–water partition coefficient (Wildman–Crippen LogP) is 5.16. The van der Waals surface area contributed by atoms with Crippen molar-refractivity contribution in [1.82, 2.24) is 0 Å². The van der Waals surface area contributed by atoms with Crippen molar-refractivity contribution in [3.8, 4) is 5.75 Å².